The highest BCUT2D eigenvalue weighted by Crippen LogP contribution is 2.03. The van der Waals surface area contributed by atoms with Gasteiger partial charge in [-0.25, -0.2) is 0 Å². The summed E-state index contributed by atoms with van der Waals surface area (Å²) in [4.78, 5) is 25.4. The van der Waals surface area contributed by atoms with E-state index < -0.39 is 0 Å². The highest BCUT2D eigenvalue weighted by atomic mass is 16.5. The van der Waals surface area contributed by atoms with Gasteiger partial charge in [-0.05, 0) is 26.1 Å². The van der Waals surface area contributed by atoms with Crippen LogP contribution in [0.4, 0.5) is 0 Å². The van der Waals surface area contributed by atoms with Crippen LogP contribution in [0.2, 0.25) is 0 Å². The number of fused-ring (bicyclic) bond motifs is 1. The van der Waals surface area contributed by atoms with Crippen LogP contribution >= 0.6 is 0 Å². The second kappa shape index (κ2) is 6.94. The van der Waals surface area contributed by atoms with Crippen LogP contribution in [0.1, 0.15) is 13.3 Å². The van der Waals surface area contributed by atoms with E-state index in [9.17, 15) is 9.59 Å². The molecular weight excluding hydrogens is 272 g/mol. The van der Waals surface area contributed by atoms with E-state index in [1.807, 2.05) is 18.0 Å². The van der Waals surface area contributed by atoms with Crippen LogP contribution in [0.25, 0.3) is 10.9 Å². The minimum Gasteiger partial charge on any atom is -0.466 e. The smallest absolute Gasteiger partial charge is 0.307 e. The molecule has 0 N–H and O–H groups in total. The summed E-state index contributed by atoms with van der Waals surface area (Å²) in [6.07, 6.45) is 0.278. The van der Waals surface area contributed by atoms with Crippen molar-refractivity contribution in [2.24, 2.45) is 0 Å². The Balaban J connectivity index is 2.04. The molecule has 112 valence electrons. The Morgan fingerprint density at radius 1 is 1.38 bits per heavy atom. The molecule has 0 atom stereocenters. The molecule has 0 radical (unpaired) electrons. The molecule has 0 aliphatic rings. The van der Waals surface area contributed by atoms with E-state index in [2.05, 4.69) is 10.3 Å². The zero-order valence-electron chi connectivity index (χ0n) is 12.2. The monoisotopic (exact) mass is 290 g/mol. The minimum atomic E-state index is -0.249. The van der Waals surface area contributed by atoms with Gasteiger partial charge < -0.3 is 4.74 Å². The predicted octanol–water partition coefficient (Wildman–Crippen LogP) is 0.634. The van der Waals surface area contributed by atoms with Crippen LogP contribution in [0, 0.1) is 0 Å². The molecule has 1 heterocycles. The molecule has 0 aliphatic carbocycles. The first kappa shape index (κ1) is 15.1. The fourth-order valence-corrected chi connectivity index (χ4v) is 1.93. The summed E-state index contributed by atoms with van der Waals surface area (Å²) in [7, 11) is 1.81. The van der Waals surface area contributed by atoms with Gasteiger partial charge in [0, 0.05) is 6.54 Å². The normalized spacial score (nSPS) is 11.0. The molecule has 1 aromatic heterocycles. The van der Waals surface area contributed by atoms with Gasteiger partial charge in [-0.1, -0.05) is 17.3 Å². The van der Waals surface area contributed by atoms with Gasteiger partial charge in [-0.15, -0.1) is 5.10 Å². The largest absolute Gasteiger partial charge is 0.466 e. The molecule has 2 rings (SSSR count). The van der Waals surface area contributed by atoms with E-state index in [0.717, 1.165) is 0 Å². The van der Waals surface area contributed by atoms with Gasteiger partial charge in [0.2, 0.25) is 0 Å². The summed E-state index contributed by atoms with van der Waals surface area (Å²) in [6.45, 7) is 2.90. The lowest BCUT2D eigenvalue weighted by atomic mass is 10.2. The van der Waals surface area contributed by atoms with Crippen LogP contribution in [-0.4, -0.2) is 46.1 Å². The zero-order valence-corrected chi connectivity index (χ0v) is 12.2. The molecule has 21 heavy (non-hydrogen) atoms. The lowest BCUT2D eigenvalue weighted by Gasteiger charge is -2.16. The molecule has 0 saturated heterocycles. The molecule has 7 nitrogen and oxygen atoms in total. The maximum absolute atomic E-state index is 12.2. The number of esters is 1. The summed E-state index contributed by atoms with van der Waals surface area (Å²) < 4.78 is 6.15. The number of carbonyl (C=O) groups excluding carboxylic acids is 1. The Morgan fingerprint density at radius 3 is 2.90 bits per heavy atom. The van der Waals surface area contributed by atoms with E-state index in [0.29, 0.717) is 24.1 Å². The van der Waals surface area contributed by atoms with Crippen molar-refractivity contribution in [2.45, 2.75) is 20.0 Å². The van der Waals surface area contributed by atoms with Crippen molar-refractivity contribution in [3.8, 4) is 0 Å². The summed E-state index contributed by atoms with van der Waals surface area (Å²) in [6, 6.07) is 7.08. The zero-order chi connectivity index (χ0) is 15.2. The molecule has 0 spiro atoms. The first-order chi connectivity index (χ1) is 10.1. The lowest BCUT2D eigenvalue weighted by Crippen LogP contribution is -2.33. The Morgan fingerprint density at radius 2 is 2.14 bits per heavy atom. The maximum atomic E-state index is 12.2. The SMILES string of the molecule is CCOC(=O)CCN(C)Cn1nnc2ccccc2c1=O. The lowest BCUT2D eigenvalue weighted by molar-refractivity contribution is -0.143. The molecule has 0 bridgehead atoms. The molecule has 0 unspecified atom stereocenters. The molecule has 0 amide bonds. The van der Waals surface area contributed by atoms with Crippen LogP contribution < -0.4 is 5.56 Å². The predicted molar refractivity (Wildman–Crippen MR) is 77.7 cm³/mol. The minimum absolute atomic E-state index is 0.191. The highest BCUT2D eigenvalue weighted by Gasteiger charge is 2.09. The number of nitrogens with zero attached hydrogens (tertiary/aromatic N) is 4. The standard InChI is InChI=1S/C14H18N4O3/c1-3-21-13(19)8-9-17(2)10-18-14(20)11-6-4-5-7-12(11)15-16-18/h4-7H,3,8-10H2,1-2H3. The summed E-state index contributed by atoms with van der Waals surface area (Å²) in [5.74, 6) is -0.249. The first-order valence-electron chi connectivity index (χ1n) is 6.78. The number of hydrogen-bond acceptors (Lipinski definition) is 6. The average Bonchev–Trinajstić information content (AvgIpc) is 2.49. The van der Waals surface area contributed by atoms with Crippen molar-refractivity contribution < 1.29 is 9.53 Å². The molecule has 0 fully saturated rings. The molecular formula is C14H18N4O3. The van der Waals surface area contributed by atoms with Gasteiger partial charge in [0.25, 0.3) is 5.56 Å². The summed E-state index contributed by atoms with van der Waals surface area (Å²) >= 11 is 0. The van der Waals surface area contributed by atoms with Crippen LogP contribution in [0.3, 0.4) is 0 Å². The van der Waals surface area contributed by atoms with Gasteiger partial charge in [0.15, 0.2) is 0 Å². The molecule has 2 aromatic rings. The van der Waals surface area contributed by atoms with Crippen molar-refractivity contribution in [1.29, 1.82) is 0 Å². The number of aromatic nitrogens is 3. The summed E-state index contributed by atoms with van der Waals surface area (Å²) in [5, 5.41) is 8.45. The number of rotatable bonds is 6. The van der Waals surface area contributed by atoms with E-state index in [1.165, 1.54) is 4.68 Å². The molecule has 1 aromatic carbocycles. The third kappa shape index (κ3) is 3.85. The van der Waals surface area contributed by atoms with Gasteiger partial charge in [0.05, 0.1) is 25.1 Å². The fourth-order valence-electron chi connectivity index (χ4n) is 1.93. The Bertz CT molecular complexity index is 683. The van der Waals surface area contributed by atoms with Gasteiger partial charge in [-0.2, -0.15) is 4.68 Å². The summed E-state index contributed by atoms with van der Waals surface area (Å²) in [5.41, 5.74) is 0.386. The Labute approximate surface area is 122 Å². The number of benzene rings is 1. The number of hydrogen-bond donors (Lipinski definition) is 0. The van der Waals surface area contributed by atoms with Crippen LogP contribution in [0.5, 0.6) is 0 Å². The van der Waals surface area contributed by atoms with Gasteiger partial charge in [0.1, 0.15) is 5.52 Å². The van der Waals surface area contributed by atoms with Crippen molar-refractivity contribution in [1.82, 2.24) is 19.9 Å². The van der Waals surface area contributed by atoms with Crippen molar-refractivity contribution in [3.63, 3.8) is 0 Å². The fraction of sp³-hybridized carbons (Fsp3) is 0.429. The molecule has 0 saturated carbocycles. The molecule has 7 heteroatoms. The number of carbonyl (C=O) groups is 1. The van der Waals surface area contributed by atoms with E-state index in [1.54, 1.807) is 25.1 Å². The van der Waals surface area contributed by atoms with Crippen molar-refractivity contribution in [2.75, 3.05) is 20.2 Å². The van der Waals surface area contributed by atoms with E-state index in [-0.39, 0.29) is 24.6 Å². The number of ether oxygens (including phenoxy) is 1. The van der Waals surface area contributed by atoms with E-state index in [4.69, 9.17) is 4.74 Å². The van der Waals surface area contributed by atoms with Gasteiger partial charge in [-0.3, -0.25) is 14.5 Å². The van der Waals surface area contributed by atoms with Crippen LogP contribution in [-0.2, 0) is 16.2 Å². The quantitative estimate of drug-likeness (QED) is 0.726. The topological polar surface area (TPSA) is 77.3 Å². The third-order valence-electron chi connectivity index (χ3n) is 3.01. The maximum Gasteiger partial charge on any atom is 0.307 e. The van der Waals surface area contributed by atoms with Crippen LogP contribution in [0.15, 0.2) is 29.1 Å². The second-order valence-electron chi connectivity index (χ2n) is 4.69. The average molecular weight is 290 g/mol. The van der Waals surface area contributed by atoms with Crippen molar-refractivity contribution in [3.05, 3.63) is 34.6 Å². The Kier molecular flexibility index (Phi) is 4.99. The first-order valence-corrected chi connectivity index (χ1v) is 6.78. The highest BCUT2D eigenvalue weighted by molar-refractivity contribution is 5.76. The third-order valence-corrected chi connectivity index (χ3v) is 3.01. The Hall–Kier alpha value is -2.28. The second-order valence-corrected chi connectivity index (χ2v) is 4.69. The molecule has 0 aliphatic heterocycles. The van der Waals surface area contributed by atoms with Gasteiger partial charge >= 0.3 is 5.97 Å². The van der Waals surface area contributed by atoms with Crippen molar-refractivity contribution >= 4 is 16.9 Å². The van der Waals surface area contributed by atoms with E-state index >= 15 is 0 Å².